The van der Waals surface area contributed by atoms with E-state index in [0.717, 1.165) is 16.6 Å². The largest absolute Gasteiger partial charge is 0.326 e. The third-order valence-electron chi connectivity index (χ3n) is 2.79. The minimum Gasteiger partial charge on any atom is -0.326 e. The lowest BCUT2D eigenvalue weighted by molar-refractivity contribution is 0.570. The second kappa shape index (κ2) is 3.87. The van der Waals surface area contributed by atoms with Gasteiger partial charge in [-0.2, -0.15) is 0 Å². The minimum atomic E-state index is 0.0634. The van der Waals surface area contributed by atoms with Crippen LogP contribution in [0.25, 0.3) is 10.9 Å². The summed E-state index contributed by atoms with van der Waals surface area (Å²) >= 11 is 0. The number of nitrogens with two attached hydrogens (primary N) is 1. The highest BCUT2D eigenvalue weighted by molar-refractivity contribution is 5.82. The molecule has 1 heterocycles. The second-order valence-corrected chi connectivity index (χ2v) is 5.14. The van der Waals surface area contributed by atoms with E-state index in [-0.39, 0.29) is 5.41 Å². The first-order valence-electron chi connectivity index (χ1n) is 5.61. The summed E-state index contributed by atoms with van der Waals surface area (Å²) in [6, 6.07) is 10.3. The summed E-state index contributed by atoms with van der Waals surface area (Å²) in [6.45, 7) is 7.07. The minimum absolute atomic E-state index is 0.0634. The Morgan fingerprint density at radius 2 is 1.88 bits per heavy atom. The first-order valence-corrected chi connectivity index (χ1v) is 5.61. The van der Waals surface area contributed by atoms with E-state index in [0.29, 0.717) is 6.54 Å². The lowest BCUT2D eigenvalue weighted by Crippen LogP contribution is -2.15. The lowest BCUT2D eigenvalue weighted by Gasteiger charge is -2.19. The van der Waals surface area contributed by atoms with Gasteiger partial charge < -0.3 is 5.73 Å². The Hall–Kier alpha value is -1.41. The van der Waals surface area contributed by atoms with Crippen LogP contribution in [0.1, 0.15) is 32.0 Å². The molecule has 0 saturated heterocycles. The molecular formula is C14H18N2. The van der Waals surface area contributed by atoms with Gasteiger partial charge in [0.05, 0.1) is 5.52 Å². The van der Waals surface area contributed by atoms with Crippen LogP contribution in [0.5, 0.6) is 0 Å². The first kappa shape index (κ1) is 11.1. The smallest absolute Gasteiger partial charge is 0.0708 e. The molecule has 0 spiro atoms. The molecule has 0 aliphatic carbocycles. The van der Waals surface area contributed by atoms with Crippen molar-refractivity contribution in [1.29, 1.82) is 0 Å². The van der Waals surface area contributed by atoms with Gasteiger partial charge in [0.25, 0.3) is 0 Å². The summed E-state index contributed by atoms with van der Waals surface area (Å²) in [5.41, 5.74) is 9.18. The Balaban J connectivity index is 2.73. The number of aromatic nitrogens is 1. The predicted molar refractivity (Wildman–Crippen MR) is 68.3 cm³/mol. The van der Waals surface area contributed by atoms with Gasteiger partial charge in [-0.1, -0.05) is 39.0 Å². The molecule has 2 N–H and O–H groups in total. The number of hydrogen-bond donors (Lipinski definition) is 1. The van der Waals surface area contributed by atoms with Gasteiger partial charge in [0, 0.05) is 23.0 Å². The van der Waals surface area contributed by atoms with Crippen LogP contribution in [-0.2, 0) is 12.0 Å². The summed E-state index contributed by atoms with van der Waals surface area (Å²) < 4.78 is 0. The fraction of sp³-hybridized carbons (Fsp3) is 0.357. The van der Waals surface area contributed by atoms with Crippen LogP contribution in [0.2, 0.25) is 0 Å². The molecule has 0 fully saturated rings. The third-order valence-corrected chi connectivity index (χ3v) is 2.79. The maximum absolute atomic E-state index is 5.80. The molecule has 0 bridgehead atoms. The fourth-order valence-corrected chi connectivity index (χ4v) is 1.80. The molecule has 0 aliphatic rings. The second-order valence-electron chi connectivity index (χ2n) is 5.14. The van der Waals surface area contributed by atoms with Crippen molar-refractivity contribution in [3.63, 3.8) is 0 Å². The lowest BCUT2D eigenvalue weighted by atomic mass is 9.90. The summed E-state index contributed by atoms with van der Waals surface area (Å²) in [5.74, 6) is 0. The van der Waals surface area contributed by atoms with Crippen LogP contribution in [0.3, 0.4) is 0 Å². The third kappa shape index (κ3) is 1.93. The zero-order chi connectivity index (χ0) is 11.8. The van der Waals surface area contributed by atoms with Crippen molar-refractivity contribution in [1.82, 2.24) is 4.98 Å². The zero-order valence-electron chi connectivity index (χ0n) is 10.1. The van der Waals surface area contributed by atoms with Crippen molar-refractivity contribution < 1.29 is 0 Å². The SMILES string of the molecule is CC(C)(C)c1cc(CN)c2ccccc2n1. The van der Waals surface area contributed by atoms with Crippen LogP contribution >= 0.6 is 0 Å². The van der Waals surface area contributed by atoms with Crippen LogP contribution in [0.4, 0.5) is 0 Å². The topological polar surface area (TPSA) is 38.9 Å². The molecule has 0 radical (unpaired) electrons. The van der Waals surface area contributed by atoms with Gasteiger partial charge in [-0.15, -0.1) is 0 Å². The van der Waals surface area contributed by atoms with Crippen molar-refractivity contribution in [2.24, 2.45) is 5.73 Å². The number of rotatable bonds is 1. The Kier molecular flexibility index (Phi) is 2.68. The van der Waals surface area contributed by atoms with Gasteiger partial charge >= 0.3 is 0 Å². The van der Waals surface area contributed by atoms with Gasteiger partial charge in [-0.25, -0.2) is 0 Å². The van der Waals surface area contributed by atoms with Gasteiger partial charge in [0.15, 0.2) is 0 Å². The van der Waals surface area contributed by atoms with Crippen molar-refractivity contribution in [3.05, 3.63) is 41.6 Å². The molecule has 16 heavy (non-hydrogen) atoms. The molecular weight excluding hydrogens is 196 g/mol. The van der Waals surface area contributed by atoms with Crippen LogP contribution in [0.15, 0.2) is 30.3 Å². The van der Waals surface area contributed by atoms with E-state index < -0.39 is 0 Å². The average molecular weight is 214 g/mol. The van der Waals surface area contributed by atoms with Gasteiger partial charge in [0.2, 0.25) is 0 Å². The monoisotopic (exact) mass is 214 g/mol. The molecule has 2 nitrogen and oxygen atoms in total. The Labute approximate surface area is 96.5 Å². The molecule has 1 aromatic carbocycles. The van der Waals surface area contributed by atoms with Crippen molar-refractivity contribution in [2.45, 2.75) is 32.7 Å². The van der Waals surface area contributed by atoms with Gasteiger partial charge in [-0.3, -0.25) is 4.98 Å². The molecule has 0 unspecified atom stereocenters. The average Bonchev–Trinajstić information content (AvgIpc) is 2.26. The van der Waals surface area contributed by atoms with E-state index >= 15 is 0 Å². The van der Waals surface area contributed by atoms with Crippen LogP contribution < -0.4 is 5.73 Å². The quantitative estimate of drug-likeness (QED) is 0.792. The molecule has 2 aromatic rings. The number of fused-ring (bicyclic) bond motifs is 1. The number of benzene rings is 1. The molecule has 0 aliphatic heterocycles. The van der Waals surface area contributed by atoms with Crippen molar-refractivity contribution in [3.8, 4) is 0 Å². The number of para-hydroxylation sites is 1. The highest BCUT2D eigenvalue weighted by Crippen LogP contribution is 2.25. The molecule has 0 amide bonds. The summed E-state index contributed by atoms with van der Waals surface area (Å²) in [5, 5.41) is 1.16. The maximum Gasteiger partial charge on any atom is 0.0708 e. The Bertz CT molecular complexity index is 510. The van der Waals surface area contributed by atoms with E-state index in [1.54, 1.807) is 0 Å². The first-order chi connectivity index (χ1) is 7.52. The Morgan fingerprint density at radius 3 is 2.50 bits per heavy atom. The summed E-state index contributed by atoms with van der Waals surface area (Å²) in [6.07, 6.45) is 0. The van der Waals surface area contributed by atoms with Crippen LogP contribution in [-0.4, -0.2) is 4.98 Å². The van der Waals surface area contributed by atoms with E-state index in [9.17, 15) is 0 Å². The van der Waals surface area contributed by atoms with Crippen molar-refractivity contribution in [2.75, 3.05) is 0 Å². The van der Waals surface area contributed by atoms with E-state index in [1.807, 2.05) is 18.2 Å². The number of nitrogens with zero attached hydrogens (tertiary/aromatic N) is 1. The highest BCUT2D eigenvalue weighted by Gasteiger charge is 2.17. The molecule has 84 valence electrons. The zero-order valence-corrected chi connectivity index (χ0v) is 10.1. The molecule has 0 atom stereocenters. The molecule has 0 saturated carbocycles. The standard InChI is InChI=1S/C14H18N2/c1-14(2,3)13-8-10(9-15)11-6-4-5-7-12(11)16-13/h4-8H,9,15H2,1-3H3. The summed E-state index contributed by atoms with van der Waals surface area (Å²) in [4.78, 5) is 4.70. The van der Waals surface area contributed by atoms with Crippen molar-refractivity contribution >= 4 is 10.9 Å². The van der Waals surface area contributed by atoms with Crippen LogP contribution in [0, 0.1) is 0 Å². The molecule has 2 heteroatoms. The van der Waals surface area contributed by atoms with E-state index in [2.05, 4.69) is 32.9 Å². The van der Waals surface area contributed by atoms with Gasteiger partial charge in [-0.05, 0) is 17.7 Å². The highest BCUT2D eigenvalue weighted by atomic mass is 14.7. The number of hydrogen-bond acceptors (Lipinski definition) is 2. The Morgan fingerprint density at radius 1 is 1.19 bits per heavy atom. The number of pyridine rings is 1. The maximum atomic E-state index is 5.80. The summed E-state index contributed by atoms with van der Waals surface area (Å²) in [7, 11) is 0. The fourth-order valence-electron chi connectivity index (χ4n) is 1.80. The van der Waals surface area contributed by atoms with E-state index in [4.69, 9.17) is 10.7 Å². The molecule has 1 aromatic heterocycles. The van der Waals surface area contributed by atoms with Gasteiger partial charge in [0.1, 0.15) is 0 Å². The molecule has 2 rings (SSSR count). The predicted octanol–water partition coefficient (Wildman–Crippen LogP) is 2.99. The van der Waals surface area contributed by atoms with E-state index in [1.165, 1.54) is 5.56 Å². The normalized spacial score (nSPS) is 12.0.